The van der Waals surface area contributed by atoms with E-state index in [-0.39, 0.29) is 0 Å². The molecule has 2 rings (SSSR count). The summed E-state index contributed by atoms with van der Waals surface area (Å²) in [6.07, 6.45) is 6.80. The van der Waals surface area contributed by atoms with E-state index < -0.39 is 0 Å². The van der Waals surface area contributed by atoms with Crippen molar-refractivity contribution in [2.45, 2.75) is 45.1 Å². The fourth-order valence-electron chi connectivity index (χ4n) is 2.51. The first-order chi connectivity index (χ1) is 8.84. The third-order valence-corrected chi connectivity index (χ3v) is 3.74. The van der Waals surface area contributed by atoms with Crippen LogP contribution in [0.4, 0.5) is 5.69 Å². The normalized spacial score (nSPS) is 23.8. The van der Waals surface area contributed by atoms with Crippen LogP contribution in [-0.2, 0) is 4.74 Å². The Bertz CT molecular complexity index is 317. The van der Waals surface area contributed by atoms with E-state index in [1.165, 1.54) is 31.4 Å². The van der Waals surface area contributed by atoms with Gasteiger partial charge in [-0.05, 0) is 50.2 Å². The summed E-state index contributed by atoms with van der Waals surface area (Å²) in [7, 11) is 0. The number of para-hydroxylation sites is 1. The average Bonchev–Trinajstić information content (AvgIpc) is 2.42. The second kappa shape index (κ2) is 7.42. The Morgan fingerprint density at radius 1 is 1.11 bits per heavy atom. The first-order valence-corrected chi connectivity index (χ1v) is 7.25. The SMILES string of the molecule is CC1CCC(OCCCNc2ccccc2)CC1. The Kier molecular flexibility index (Phi) is 5.53. The number of hydrogen-bond donors (Lipinski definition) is 1. The molecule has 0 heterocycles. The molecule has 18 heavy (non-hydrogen) atoms. The van der Waals surface area contributed by atoms with Crippen LogP contribution < -0.4 is 5.32 Å². The lowest BCUT2D eigenvalue weighted by Gasteiger charge is -2.26. The molecule has 0 spiro atoms. The summed E-state index contributed by atoms with van der Waals surface area (Å²) in [5.41, 5.74) is 1.20. The van der Waals surface area contributed by atoms with E-state index in [4.69, 9.17) is 4.74 Å². The summed E-state index contributed by atoms with van der Waals surface area (Å²) < 4.78 is 5.93. The van der Waals surface area contributed by atoms with Gasteiger partial charge in [0, 0.05) is 18.8 Å². The minimum atomic E-state index is 0.526. The topological polar surface area (TPSA) is 21.3 Å². The predicted octanol–water partition coefficient (Wildman–Crippen LogP) is 4.08. The second-order valence-corrected chi connectivity index (χ2v) is 5.40. The summed E-state index contributed by atoms with van der Waals surface area (Å²) in [4.78, 5) is 0. The van der Waals surface area contributed by atoms with Crippen molar-refractivity contribution in [2.75, 3.05) is 18.5 Å². The first kappa shape index (κ1) is 13.4. The lowest BCUT2D eigenvalue weighted by Crippen LogP contribution is -2.21. The van der Waals surface area contributed by atoms with Crippen LogP contribution in [0.1, 0.15) is 39.0 Å². The van der Waals surface area contributed by atoms with Gasteiger partial charge < -0.3 is 10.1 Å². The molecule has 1 aromatic rings. The molecule has 0 saturated heterocycles. The molecule has 0 bridgehead atoms. The maximum absolute atomic E-state index is 5.93. The third-order valence-electron chi connectivity index (χ3n) is 3.74. The van der Waals surface area contributed by atoms with Crippen molar-refractivity contribution in [3.05, 3.63) is 30.3 Å². The molecule has 0 atom stereocenters. The summed E-state index contributed by atoms with van der Waals surface area (Å²) >= 11 is 0. The number of hydrogen-bond acceptors (Lipinski definition) is 2. The highest BCUT2D eigenvalue weighted by Crippen LogP contribution is 2.25. The van der Waals surface area contributed by atoms with Gasteiger partial charge in [0.25, 0.3) is 0 Å². The molecule has 1 N–H and O–H groups in total. The molecule has 1 aliphatic rings. The monoisotopic (exact) mass is 247 g/mol. The number of anilines is 1. The van der Waals surface area contributed by atoms with Crippen LogP contribution in [-0.4, -0.2) is 19.3 Å². The van der Waals surface area contributed by atoms with E-state index in [1.54, 1.807) is 0 Å². The van der Waals surface area contributed by atoms with Crippen molar-refractivity contribution in [1.29, 1.82) is 0 Å². The molecule has 0 amide bonds. The van der Waals surface area contributed by atoms with Crippen LogP contribution in [0.3, 0.4) is 0 Å². The van der Waals surface area contributed by atoms with Crippen molar-refractivity contribution in [3.63, 3.8) is 0 Å². The maximum atomic E-state index is 5.93. The quantitative estimate of drug-likeness (QED) is 0.765. The van der Waals surface area contributed by atoms with Gasteiger partial charge in [0.1, 0.15) is 0 Å². The van der Waals surface area contributed by atoms with E-state index in [9.17, 15) is 0 Å². The van der Waals surface area contributed by atoms with E-state index in [0.29, 0.717) is 6.10 Å². The minimum Gasteiger partial charge on any atom is -0.385 e. The van der Waals surface area contributed by atoms with Crippen molar-refractivity contribution < 1.29 is 4.74 Å². The van der Waals surface area contributed by atoms with Crippen LogP contribution in [0, 0.1) is 5.92 Å². The van der Waals surface area contributed by atoms with Crippen molar-refractivity contribution in [3.8, 4) is 0 Å². The van der Waals surface area contributed by atoms with Crippen LogP contribution in [0.5, 0.6) is 0 Å². The lowest BCUT2D eigenvalue weighted by molar-refractivity contribution is 0.0198. The summed E-state index contributed by atoms with van der Waals surface area (Å²) in [5.74, 6) is 0.907. The highest BCUT2D eigenvalue weighted by Gasteiger charge is 2.17. The zero-order chi connectivity index (χ0) is 12.6. The van der Waals surface area contributed by atoms with Gasteiger partial charge in [-0.3, -0.25) is 0 Å². The number of benzene rings is 1. The van der Waals surface area contributed by atoms with Crippen LogP contribution in [0.2, 0.25) is 0 Å². The van der Waals surface area contributed by atoms with Gasteiger partial charge in [-0.2, -0.15) is 0 Å². The van der Waals surface area contributed by atoms with Gasteiger partial charge in [-0.15, -0.1) is 0 Å². The Balaban J connectivity index is 1.51. The zero-order valence-corrected chi connectivity index (χ0v) is 11.4. The molecular formula is C16H25NO. The molecule has 1 saturated carbocycles. The van der Waals surface area contributed by atoms with Crippen molar-refractivity contribution in [2.24, 2.45) is 5.92 Å². The standard InChI is InChI=1S/C16H25NO/c1-14-8-10-16(11-9-14)18-13-5-12-17-15-6-3-2-4-7-15/h2-4,6-7,14,16-17H,5,8-13H2,1H3. The van der Waals surface area contributed by atoms with Gasteiger partial charge in [0.05, 0.1) is 6.10 Å². The molecule has 0 aliphatic heterocycles. The van der Waals surface area contributed by atoms with Gasteiger partial charge in [0.2, 0.25) is 0 Å². The average molecular weight is 247 g/mol. The van der Waals surface area contributed by atoms with E-state index in [1.807, 2.05) is 6.07 Å². The molecule has 0 unspecified atom stereocenters. The number of ether oxygens (including phenoxy) is 1. The Morgan fingerprint density at radius 2 is 1.83 bits per heavy atom. The summed E-state index contributed by atoms with van der Waals surface area (Å²) in [5, 5.41) is 3.41. The molecule has 100 valence electrons. The van der Waals surface area contributed by atoms with Crippen molar-refractivity contribution in [1.82, 2.24) is 0 Å². The molecular weight excluding hydrogens is 222 g/mol. The molecule has 1 aliphatic carbocycles. The highest BCUT2D eigenvalue weighted by molar-refractivity contribution is 5.42. The molecule has 1 aromatic carbocycles. The van der Waals surface area contributed by atoms with Crippen LogP contribution in [0.15, 0.2) is 30.3 Å². The van der Waals surface area contributed by atoms with E-state index in [2.05, 4.69) is 36.5 Å². The Morgan fingerprint density at radius 3 is 2.56 bits per heavy atom. The van der Waals surface area contributed by atoms with Gasteiger partial charge in [-0.25, -0.2) is 0 Å². The number of nitrogens with one attached hydrogen (secondary N) is 1. The lowest BCUT2D eigenvalue weighted by atomic mass is 9.89. The molecule has 2 heteroatoms. The smallest absolute Gasteiger partial charge is 0.0575 e. The number of rotatable bonds is 6. The molecule has 1 fully saturated rings. The predicted molar refractivity (Wildman–Crippen MR) is 76.9 cm³/mol. The Labute approximate surface area is 111 Å². The first-order valence-electron chi connectivity index (χ1n) is 7.25. The van der Waals surface area contributed by atoms with Crippen LogP contribution >= 0.6 is 0 Å². The van der Waals surface area contributed by atoms with E-state index in [0.717, 1.165) is 25.5 Å². The van der Waals surface area contributed by atoms with Crippen molar-refractivity contribution >= 4 is 5.69 Å². The Hall–Kier alpha value is -1.02. The summed E-state index contributed by atoms with van der Waals surface area (Å²) in [6, 6.07) is 10.4. The van der Waals surface area contributed by atoms with E-state index >= 15 is 0 Å². The molecule has 2 nitrogen and oxygen atoms in total. The highest BCUT2D eigenvalue weighted by atomic mass is 16.5. The van der Waals surface area contributed by atoms with Gasteiger partial charge in [-0.1, -0.05) is 25.1 Å². The van der Waals surface area contributed by atoms with Crippen LogP contribution in [0.25, 0.3) is 0 Å². The molecule has 0 radical (unpaired) electrons. The summed E-state index contributed by atoms with van der Waals surface area (Å²) in [6.45, 7) is 4.23. The fraction of sp³-hybridized carbons (Fsp3) is 0.625. The van der Waals surface area contributed by atoms with Gasteiger partial charge >= 0.3 is 0 Å². The molecule has 0 aromatic heterocycles. The van der Waals surface area contributed by atoms with Gasteiger partial charge in [0.15, 0.2) is 0 Å². The fourth-order valence-corrected chi connectivity index (χ4v) is 2.51. The largest absolute Gasteiger partial charge is 0.385 e. The third kappa shape index (κ3) is 4.69. The minimum absolute atomic E-state index is 0.526. The second-order valence-electron chi connectivity index (χ2n) is 5.40. The maximum Gasteiger partial charge on any atom is 0.0575 e. The zero-order valence-electron chi connectivity index (χ0n) is 11.4.